The number of esters is 1. The molecule has 0 amide bonds. The quantitative estimate of drug-likeness (QED) is 0.570. The van der Waals surface area contributed by atoms with Gasteiger partial charge in [0, 0.05) is 11.6 Å². The third-order valence-corrected chi connectivity index (χ3v) is 2.79. The van der Waals surface area contributed by atoms with Gasteiger partial charge in [-0.1, -0.05) is 13.0 Å². The number of hydrogen-bond acceptors (Lipinski definition) is 5. The van der Waals surface area contributed by atoms with E-state index < -0.39 is 17.8 Å². The predicted octanol–water partition coefficient (Wildman–Crippen LogP) is 1.62. The number of fused-ring (bicyclic) bond motifs is 1. The Labute approximate surface area is 109 Å². The zero-order valence-corrected chi connectivity index (χ0v) is 10.9. The van der Waals surface area contributed by atoms with E-state index in [9.17, 15) is 15.0 Å². The number of hydrogen-bond donors (Lipinski definition) is 3. The number of ether oxygens (including phenoxy) is 1. The first-order chi connectivity index (χ1) is 7.56. The summed E-state index contributed by atoms with van der Waals surface area (Å²) in [5, 5.41) is 18.9. The Kier molecular flexibility index (Phi) is 4.00. The SMILES string of the molecule is Br.CCC(N)C1OC(=O)c2c1ccc(O)c2O. The molecule has 2 rings (SSSR count). The number of carbonyl (C=O) groups excluding carboxylic acids is 1. The van der Waals surface area contributed by atoms with E-state index in [4.69, 9.17) is 10.5 Å². The standard InChI is InChI=1S/C11H13NO4.BrH/c1-2-6(12)10-5-3-4-7(13)9(14)8(5)11(15)16-10;/h3-4,6,10,13-14H,2,12H2,1H3;1H. The van der Waals surface area contributed by atoms with Gasteiger partial charge in [0.1, 0.15) is 11.7 Å². The highest BCUT2D eigenvalue weighted by Crippen LogP contribution is 2.41. The van der Waals surface area contributed by atoms with Crippen LogP contribution in [0.5, 0.6) is 11.5 Å². The normalized spacial score (nSPS) is 19.2. The van der Waals surface area contributed by atoms with Gasteiger partial charge in [-0.15, -0.1) is 17.0 Å². The van der Waals surface area contributed by atoms with Gasteiger partial charge >= 0.3 is 5.97 Å². The van der Waals surface area contributed by atoms with Crippen LogP contribution in [0.15, 0.2) is 12.1 Å². The Morgan fingerprint density at radius 3 is 2.71 bits per heavy atom. The lowest BCUT2D eigenvalue weighted by Gasteiger charge is -2.17. The summed E-state index contributed by atoms with van der Waals surface area (Å²) in [6.45, 7) is 1.89. The number of phenols is 2. The fraction of sp³-hybridized carbons (Fsp3) is 0.364. The van der Waals surface area contributed by atoms with Gasteiger partial charge in [0.25, 0.3) is 0 Å². The van der Waals surface area contributed by atoms with Crippen molar-refractivity contribution in [2.45, 2.75) is 25.5 Å². The van der Waals surface area contributed by atoms with Crippen LogP contribution in [0, 0.1) is 0 Å². The molecule has 5 nitrogen and oxygen atoms in total. The van der Waals surface area contributed by atoms with Gasteiger partial charge in [-0.3, -0.25) is 0 Å². The number of phenolic OH excluding ortho intramolecular Hbond substituents is 2. The van der Waals surface area contributed by atoms with Gasteiger partial charge in [0.2, 0.25) is 0 Å². The zero-order chi connectivity index (χ0) is 11.9. The highest BCUT2D eigenvalue weighted by Gasteiger charge is 2.37. The Hall–Kier alpha value is -1.27. The van der Waals surface area contributed by atoms with E-state index in [2.05, 4.69) is 0 Å². The van der Waals surface area contributed by atoms with Crippen LogP contribution in [-0.4, -0.2) is 22.2 Å². The maximum atomic E-state index is 11.5. The first-order valence-corrected chi connectivity index (χ1v) is 5.07. The molecule has 0 radical (unpaired) electrons. The maximum Gasteiger partial charge on any atom is 0.343 e. The van der Waals surface area contributed by atoms with Gasteiger partial charge in [0.05, 0.1) is 0 Å². The van der Waals surface area contributed by atoms with Crippen LogP contribution in [-0.2, 0) is 4.74 Å². The van der Waals surface area contributed by atoms with Crippen LogP contribution in [0.3, 0.4) is 0 Å². The van der Waals surface area contributed by atoms with Crippen molar-refractivity contribution in [2.24, 2.45) is 5.73 Å². The second-order valence-electron chi connectivity index (χ2n) is 3.80. The lowest BCUT2D eigenvalue weighted by Crippen LogP contribution is -2.27. The van der Waals surface area contributed by atoms with E-state index >= 15 is 0 Å². The number of halogens is 1. The van der Waals surface area contributed by atoms with E-state index in [0.717, 1.165) is 0 Å². The summed E-state index contributed by atoms with van der Waals surface area (Å²) in [6, 6.07) is 2.56. The van der Waals surface area contributed by atoms with E-state index in [1.807, 2.05) is 6.92 Å². The van der Waals surface area contributed by atoms with Gasteiger partial charge in [0.15, 0.2) is 11.5 Å². The molecule has 0 saturated heterocycles. The van der Waals surface area contributed by atoms with Crippen molar-refractivity contribution in [3.63, 3.8) is 0 Å². The van der Waals surface area contributed by atoms with E-state index in [1.165, 1.54) is 6.07 Å². The molecule has 0 bridgehead atoms. The second-order valence-corrected chi connectivity index (χ2v) is 3.80. The van der Waals surface area contributed by atoms with E-state index in [0.29, 0.717) is 12.0 Å². The van der Waals surface area contributed by atoms with E-state index in [1.54, 1.807) is 6.07 Å². The first kappa shape index (κ1) is 13.8. The lowest BCUT2D eigenvalue weighted by atomic mass is 9.98. The molecular formula is C11H14BrNO4. The Bertz CT molecular complexity index is 449. The molecule has 6 heteroatoms. The molecule has 1 aliphatic heterocycles. The van der Waals surface area contributed by atoms with Gasteiger partial charge < -0.3 is 20.7 Å². The van der Waals surface area contributed by atoms with Crippen LogP contribution in [0.1, 0.15) is 35.4 Å². The summed E-state index contributed by atoms with van der Waals surface area (Å²) < 4.78 is 5.09. The fourth-order valence-corrected chi connectivity index (χ4v) is 1.82. The largest absolute Gasteiger partial charge is 0.504 e. The summed E-state index contributed by atoms with van der Waals surface area (Å²) in [5.41, 5.74) is 6.38. The van der Waals surface area contributed by atoms with Crippen LogP contribution in [0.2, 0.25) is 0 Å². The minimum Gasteiger partial charge on any atom is -0.504 e. The monoisotopic (exact) mass is 303 g/mol. The molecule has 0 spiro atoms. The smallest absolute Gasteiger partial charge is 0.343 e. The van der Waals surface area contributed by atoms with Crippen molar-refractivity contribution in [3.05, 3.63) is 23.3 Å². The van der Waals surface area contributed by atoms with Crippen molar-refractivity contribution in [1.29, 1.82) is 0 Å². The molecule has 94 valence electrons. The summed E-state index contributed by atoms with van der Waals surface area (Å²) >= 11 is 0. The number of cyclic esters (lactones) is 1. The predicted molar refractivity (Wildman–Crippen MR) is 66.5 cm³/mol. The fourth-order valence-electron chi connectivity index (χ4n) is 1.82. The Morgan fingerprint density at radius 2 is 2.12 bits per heavy atom. The molecule has 2 atom stereocenters. The third-order valence-electron chi connectivity index (χ3n) is 2.79. The molecule has 4 N–H and O–H groups in total. The molecule has 0 aliphatic carbocycles. The van der Waals surface area contributed by atoms with E-state index in [-0.39, 0.29) is 34.3 Å². The highest BCUT2D eigenvalue weighted by atomic mass is 79.9. The molecule has 0 saturated carbocycles. The summed E-state index contributed by atoms with van der Waals surface area (Å²) in [4.78, 5) is 11.5. The van der Waals surface area contributed by atoms with Crippen molar-refractivity contribution >= 4 is 23.0 Å². The van der Waals surface area contributed by atoms with Crippen molar-refractivity contribution in [2.75, 3.05) is 0 Å². The van der Waals surface area contributed by atoms with Gasteiger partial charge in [-0.05, 0) is 12.5 Å². The highest BCUT2D eigenvalue weighted by molar-refractivity contribution is 8.93. The molecule has 0 aromatic heterocycles. The summed E-state index contributed by atoms with van der Waals surface area (Å²) in [6.07, 6.45) is 0.109. The Morgan fingerprint density at radius 1 is 1.47 bits per heavy atom. The number of benzene rings is 1. The zero-order valence-electron chi connectivity index (χ0n) is 9.21. The molecule has 1 aromatic carbocycles. The Balaban J connectivity index is 0.00000144. The third kappa shape index (κ3) is 2.10. The van der Waals surface area contributed by atoms with Crippen LogP contribution < -0.4 is 5.73 Å². The molecule has 1 aromatic rings. The van der Waals surface area contributed by atoms with Crippen LogP contribution in [0.25, 0.3) is 0 Å². The number of aromatic hydroxyl groups is 2. The van der Waals surface area contributed by atoms with Gasteiger partial charge in [-0.25, -0.2) is 4.79 Å². The maximum absolute atomic E-state index is 11.5. The number of rotatable bonds is 2. The van der Waals surface area contributed by atoms with Crippen LogP contribution in [0.4, 0.5) is 0 Å². The minimum atomic E-state index is -0.641. The molecule has 2 unspecified atom stereocenters. The van der Waals surface area contributed by atoms with Crippen molar-refractivity contribution in [1.82, 2.24) is 0 Å². The lowest BCUT2D eigenvalue weighted by molar-refractivity contribution is 0.0324. The topological polar surface area (TPSA) is 92.8 Å². The summed E-state index contributed by atoms with van der Waals surface area (Å²) in [7, 11) is 0. The average molecular weight is 304 g/mol. The molecule has 1 heterocycles. The van der Waals surface area contributed by atoms with Crippen molar-refractivity contribution in [3.8, 4) is 11.5 Å². The molecule has 17 heavy (non-hydrogen) atoms. The number of carbonyl (C=O) groups is 1. The average Bonchev–Trinajstić information content (AvgIpc) is 2.61. The van der Waals surface area contributed by atoms with Crippen molar-refractivity contribution < 1.29 is 19.7 Å². The number of nitrogens with two attached hydrogens (primary N) is 1. The second kappa shape index (κ2) is 4.93. The molecule has 0 fully saturated rings. The van der Waals surface area contributed by atoms with Gasteiger partial charge in [-0.2, -0.15) is 0 Å². The molecule has 1 aliphatic rings. The minimum absolute atomic E-state index is 0. The van der Waals surface area contributed by atoms with Crippen LogP contribution >= 0.6 is 17.0 Å². The summed E-state index contributed by atoms with van der Waals surface area (Å²) in [5.74, 6) is -1.41. The molecular weight excluding hydrogens is 290 g/mol. The first-order valence-electron chi connectivity index (χ1n) is 5.07.